The van der Waals surface area contributed by atoms with Crippen molar-refractivity contribution in [1.82, 2.24) is 5.32 Å². The van der Waals surface area contributed by atoms with Crippen LogP contribution in [0.5, 0.6) is 17.2 Å². The fourth-order valence-corrected chi connectivity index (χ4v) is 3.00. The van der Waals surface area contributed by atoms with Gasteiger partial charge in [-0.05, 0) is 43.7 Å². The summed E-state index contributed by atoms with van der Waals surface area (Å²) < 4.78 is 15.9. The van der Waals surface area contributed by atoms with Gasteiger partial charge < -0.3 is 19.5 Å². The molecule has 1 amide bonds. The highest BCUT2D eigenvalue weighted by Crippen LogP contribution is 2.35. The number of nitrogens with one attached hydrogen (secondary N) is 1. The first-order valence-corrected chi connectivity index (χ1v) is 8.36. The second kappa shape index (κ2) is 8.62. The zero-order valence-corrected chi connectivity index (χ0v) is 14.9. The van der Waals surface area contributed by atoms with Crippen LogP contribution in [0.2, 0.25) is 0 Å². The number of hydrogen-bond acceptors (Lipinski definition) is 4. The first-order chi connectivity index (χ1) is 11.6. The molecule has 132 valence electrons. The van der Waals surface area contributed by atoms with E-state index >= 15 is 0 Å². The standard InChI is InChI=1S/C19H27NO4/c1-13-5-8-15(9-6-13)20-19(21)10-7-14-11-17(23-3)18(24-4)12-16(14)22-2/h7,10-13,15H,5-6,8-9H2,1-4H3,(H,20,21). The average molecular weight is 333 g/mol. The first kappa shape index (κ1) is 18.2. The smallest absolute Gasteiger partial charge is 0.244 e. The molecule has 1 aliphatic rings. The molecule has 0 saturated heterocycles. The Hall–Kier alpha value is -2.17. The van der Waals surface area contributed by atoms with Gasteiger partial charge in [0.25, 0.3) is 0 Å². The highest BCUT2D eigenvalue weighted by Gasteiger charge is 2.19. The van der Waals surface area contributed by atoms with Crippen LogP contribution in [-0.2, 0) is 4.79 Å². The Morgan fingerprint density at radius 1 is 1.00 bits per heavy atom. The van der Waals surface area contributed by atoms with Crippen LogP contribution in [0.15, 0.2) is 18.2 Å². The molecule has 0 atom stereocenters. The highest BCUT2D eigenvalue weighted by atomic mass is 16.5. The van der Waals surface area contributed by atoms with Crippen molar-refractivity contribution in [2.45, 2.75) is 38.6 Å². The molecular formula is C19H27NO4. The van der Waals surface area contributed by atoms with Crippen LogP contribution >= 0.6 is 0 Å². The molecular weight excluding hydrogens is 306 g/mol. The summed E-state index contributed by atoms with van der Waals surface area (Å²) in [5.74, 6) is 2.51. The molecule has 0 aromatic heterocycles. The predicted molar refractivity (Wildman–Crippen MR) is 94.7 cm³/mol. The van der Waals surface area contributed by atoms with Crippen molar-refractivity contribution in [1.29, 1.82) is 0 Å². The monoisotopic (exact) mass is 333 g/mol. The second-order valence-corrected chi connectivity index (χ2v) is 6.25. The van der Waals surface area contributed by atoms with Crippen molar-refractivity contribution in [2.24, 2.45) is 5.92 Å². The van der Waals surface area contributed by atoms with E-state index in [9.17, 15) is 4.79 Å². The molecule has 1 aromatic carbocycles. The summed E-state index contributed by atoms with van der Waals surface area (Å²) in [7, 11) is 4.74. The number of carbonyl (C=O) groups is 1. The van der Waals surface area contributed by atoms with Gasteiger partial charge in [-0.1, -0.05) is 6.92 Å². The summed E-state index contributed by atoms with van der Waals surface area (Å²) in [5.41, 5.74) is 0.766. The zero-order chi connectivity index (χ0) is 17.5. The lowest BCUT2D eigenvalue weighted by atomic mass is 9.87. The van der Waals surface area contributed by atoms with E-state index in [2.05, 4.69) is 12.2 Å². The minimum absolute atomic E-state index is 0.0774. The Morgan fingerprint density at radius 3 is 2.17 bits per heavy atom. The minimum atomic E-state index is -0.0774. The molecule has 24 heavy (non-hydrogen) atoms. The van der Waals surface area contributed by atoms with Crippen molar-refractivity contribution in [3.8, 4) is 17.2 Å². The van der Waals surface area contributed by atoms with Crippen LogP contribution in [0.3, 0.4) is 0 Å². The van der Waals surface area contributed by atoms with Crippen LogP contribution in [0.25, 0.3) is 6.08 Å². The quantitative estimate of drug-likeness (QED) is 0.811. The lowest BCUT2D eigenvalue weighted by Gasteiger charge is -2.26. The molecule has 0 unspecified atom stereocenters. The summed E-state index contributed by atoms with van der Waals surface area (Å²) in [6.45, 7) is 2.27. The Balaban J connectivity index is 2.05. The molecule has 1 aromatic rings. The maximum Gasteiger partial charge on any atom is 0.244 e. The molecule has 1 saturated carbocycles. The van der Waals surface area contributed by atoms with Crippen LogP contribution in [-0.4, -0.2) is 33.3 Å². The molecule has 0 bridgehead atoms. The molecule has 1 N–H and O–H groups in total. The van der Waals surface area contributed by atoms with Crippen molar-refractivity contribution in [3.63, 3.8) is 0 Å². The predicted octanol–water partition coefficient (Wildman–Crippen LogP) is 3.42. The van der Waals surface area contributed by atoms with Crippen LogP contribution < -0.4 is 19.5 Å². The number of methoxy groups -OCH3 is 3. The summed E-state index contributed by atoms with van der Waals surface area (Å²) in [6.07, 6.45) is 7.75. The molecule has 5 nitrogen and oxygen atoms in total. The second-order valence-electron chi connectivity index (χ2n) is 6.25. The highest BCUT2D eigenvalue weighted by molar-refractivity contribution is 5.92. The van der Waals surface area contributed by atoms with Crippen molar-refractivity contribution < 1.29 is 19.0 Å². The third-order valence-electron chi connectivity index (χ3n) is 4.51. The lowest BCUT2D eigenvalue weighted by Crippen LogP contribution is -2.36. The molecule has 2 rings (SSSR count). The maximum atomic E-state index is 12.1. The fraction of sp³-hybridized carbons (Fsp3) is 0.526. The normalized spacial score (nSPS) is 20.7. The van der Waals surface area contributed by atoms with Gasteiger partial charge in [0.15, 0.2) is 11.5 Å². The van der Waals surface area contributed by atoms with Gasteiger partial charge in [0.05, 0.1) is 21.3 Å². The van der Waals surface area contributed by atoms with E-state index in [0.29, 0.717) is 17.2 Å². The van der Waals surface area contributed by atoms with E-state index in [1.54, 1.807) is 45.6 Å². The molecule has 0 aliphatic heterocycles. The van der Waals surface area contributed by atoms with Gasteiger partial charge >= 0.3 is 0 Å². The van der Waals surface area contributed by atoms with Crippen molar-refractivity contribution >= 4 is 12.0 Å². The molecule has 0 radical (unpaired) electrons. The van der Waals surface area contributed by atoms with Gasteiger partial charge in [0.2, 0.25) is 5.91 Å². The molecule has 1 aliphatic carbocycles. The summed E-state index contributed by atoms with van der Waals surface area (Å²) >= 11 is 0. The molecule has 0 spiro atoms. The summed E-state index contributed by atoms with van der Waals surface area (Å²) in [5, 5.41) is 3.08. The van der Waals surface area contributed by atoms with Gasteiger partial charge in [-0.3, -0.25) is 4.79 Å². The third kappa shape index (κ3) is 4.66. The van der Waals surface area contributed by atoms with Crippen molar-refractivity contribution in [2.75, 3.05) is 21.3 Å². The molecule has 1 fully saturated rings. The Kier molecular flexibility index (Phi) is 6.53. The van der Waals surface area contributed by atoms with Gasteiger partial charge in [0, 0.05) is 23.7 Å². The molecule has 0 heterocycles. The fourth-order valence-electron chi connectivity index (χ4n) is 3.00. The Labute approximate surface area is 144 Å². The van der Waals surface area contributed by atoms with E-state index < -0.39 is 0 Å². The largest absolute Gasteiger partial charge is 0.496 e. The lowest BCUT2D eigenvalue weighted by molar-refractivity contribution is -0.117. The topological polar surface area (TPSA) is 56.8 Å². The first-order valence-electron chi connectivity index (χ1n) is 8.36. The van der Waals surface area contributed by atoms with Crippen molar-refractivity contribution in [3.05, 3.63) is 23.8 Å². The van der Waals surface area contributed by atoms with Gasteiger partial charge in [-0.2, -0.15) is 0 Å². The van der Waals surface area contributed by atoms with E-state index in [1.165, 1.54) is 12.8 Å². The minimum Gasteiger partial charge on any atom is -0.496 e. The number of amides is 1. The number of carbonyl (C=O) groups excluding carboxylic acids is 1. The zero-order valence-electron chi connectivity index (χ0n) is 14.9. The number of benzene rings is 1. The third-order valence-corrected chi connectivity index (χ3v) is 4.51. The van der Waals surface area contributed by atoms with Crippen LogP contribution in [0, 0.1) is 5.92 Å². The van der Waals surface area contributed by atoms with Crippen LogP contribution in [0.1, 0.15) is 38.2 Å². The van der Waals surface area contributed by atoms with Crippen LogP contribution in [0.4, 0.5) is 0 Å². The number of rotatable bonds is 6. The summed E-state index contributed by atoms with van der Waals surface area (Å²) in [6, 6.07) is 3.83. The Morgan fingerprint density at radius 2 is 1.58 bits per heavy atom. The average Bonchev–Trinajstić information content (AvgIpc) is 2.61. The van der Waals surface area contributed by atoms with E-state index in [0.717, 1.165) is 24.3 Å². The van der Waals surface area contributed by atoms with Gasteiger partial charge in [0.1, 0.15) is 5.75 Å². The number of hydrogen-bond donors (Lipinski definition) is 1. The number of ether oxygens (including phenoxy) is 3. The Bertz CT molecular complexity index is 589. The van der Waals surface area contributed by atoms with E-state index in [4.69, 9.17) is 14.2 Å². The van der Waals surface area contributed by atoms with Gasteiger partial charge in [-0.25, -0.2) is 0 Å². The summed E-state index contributed by atoms with van der Waals surface area (Å²) in [4.78, 5) is 12.1. The van der Waals surface area contributed by atoms with E-state index in [-0.39, 0.29) is 11.9 Å². The SMILES string of the molecule is COc1cc(OC)c(OC)cc1C=CC(=O)NC1CCC(C)CC1. The van der Waals surface area contributed by atoms with E-state index in [1.807, 2.05) is 0 Å². The maximum absolute atomic E-state index is 12.1. The van der Waals surface area contributed by atoms with Gasteiger partial charge in [-0.15, -0.1) is 0 Å². The molecule has 5 heteroatoms.